The van der Waals surface area contributed by atoms with Crippen LogP contribution in [0.3, 0.4) is 0 Å². The summed E-state index contributed by atoms with van der Waals surface area (Å²) in [4.78, 5) is 10.8. The van der Waals surface area contributed by atoms with E-state index < -0.39 is 12.1 Å². The number of aliphatic hydroxyl groups excluding tert-OH is 1. The second-order valence-corrected chi connectivity index (χ2v) is 3.79. The zero-order valence-corrected chi connectivity index (χ0v) is 10.3. The second-order valence-electron chi connectivity index (χ2n) is 2.94. The number of rotatable bonds is 4. The van der Waals surface area contributed by atoms with E-state index in [4.69, 9.17) is 14.6 Å². The van der Waals surface area contributed by atoms with Crippen LogP contribution in [0.15, 0.2) is 16.6 Å². The molecule has 1 rings (SSSR count). The molecule has 1 unspecified atom stereocenters. The van der Waals surface area contributed by atoms with Crippen LogP contribution in [0.2, 0.25) is 0 Å². The van der Waals surface area contributed by atoms with Crippen LogP contribution in [0.1, 0.15) is 11.7 Å². The standard InChI is InChI=1S/C10H11BrO5/c1-15-6-4-3-5(11)7(9(6)16-2)8(12)10(13)14/h3-4,8,12H,1-2H3,(H,13,14). The molecule has 0 aliphatic carbocycles. The van der Waals surface area contributed by atoms with Gasteiger partial charge in [0, 0.05) is 4.47 Å². The Labute approximate surface area is 101 Å². The number of ether oxygens (including phenoxy) is 2. The van der Waals surface area contributed by atoms with Crippen molar-refractivity contribution in [2.75, 3.05) is 14.2 Å². The SMILES string of the molecule is COc1ccc(Br)c(C(O)C(=O)O)c1OC. The van der Waals surface area contributed by atoms with Crippen LogP contribution in [0, 0.1) is 0 Å². The van der Waals surface area contributed by atoms with Crippen molar-refractivity contribution in [2.45, 2.75) is 6.10 Å². The molecule has 0 bridgehead atoms. The number of hydrogen-bond acceptors (Lipinski definition) is 4. The fourth-order valence-electron chi connectivity index (χ4n) is 1.31. The summed E-state index contributed by atoms with van der Waals surface area (Å²) in [6.45, 7) is 0. The van der Waals surface area contributed by atoms with E-state index in [9.17, 15) is 9.90 Å². The van der Waals surface area contributed by atoms with Crippen LogP contribution < -0.4 is 9.47 Å². The Bertz CT molecular complexity index is 404. The van der Waals surface area contributed by atoms with E-state index in [-0.39, 0.29) is 11.3 Å². The summed E-state index contributed by atoms with van der Waals surface area (Å²) in [5.74, 6) is -0.792. The van der Waals surface area contributed by atoms with E-state index in [2.05, 4.69) is 15.9 Å². The van der Waals surface area contributed by atoms with Crippen molar-refractivity contribution in [3.8, 4) is 11.5 Å². The van der Waals surface area contributed by atoms with Crippen LogP contribution in [0.5, 0.6) is 11.5 Å². The topological polar surface area (TPSA) is 76.0 Å². The highest BCUT2D eigenvalue weighted by molar-refractivity contribution is 9.10. The Balaban J connectivity index is 3.39. The van der Waals surface area contributed by atoms with Crippen molar-refractivity contribution < 1.29 is 24.5 Å². The van der Waals surface area contributed by atoms with Crippen molar-refractivity contribution in [3.63, 3.8) is 0 Å². The highest BCUT2D eigenvalue weighted by atomic mass is 79.9. The summed E-state index contributed by atoms with van der Waals surface area (Å²) in [5, 5.41) is 18.3. The fourth-order valence-corrected chi connectivity index (χ4v) is 1.83. The summed E-state index contributed by atoms with van der Waals surface area (Å²) in [7, 11) is 2.81. The number of carbonyl (C=O) groups is 1. The number of methoxy groups -OCH3 is 2. The first-order valence-electron chi connectivity index (χ1n) is 4.34. The highest BCUT2D eigenvalue weighted by Gasteiger charge is 2.25. The molecular formula is C10H11BrO5. The monoisotopic (exact) mass is 290 g/mol. The van der Waals surface area contributed by atoms with E-state index in [0.29, 0.717) is 10.2 Å². The van der Waals surface area contributed by atoms with Crippen molar-refractivity contribution in [1.82, 2.24) is 0 Å². The molecule has 0 amide bonds. The number of benzene rings is 1. The van der Waals surface area contributed by atoms with Gasteiger partial charge in [0.1, 0.15) is 0 Å². The quantitative estimate of drug-likeness (QED) is 0.881. The van der Waals surface area contributed by atoms with Gasteiger partial charge < -0.3 is 19.7 Å². The van der Waals surface area contributed by atoms with Crippen molar-refractivity contribution in [3.05, 3.63) is 22.2 Å². The van der Waals surface area contributed by atoms with Crippen molar-refractivity contribution in [1.29, 1.82) is 0 Å². The third-order valence-electron chi connectivity index (χ3n) is 2.04. The Morgan fingerprint density at radius 3 is 2.44 bits per heavy atom. The molecule has 1 aromatic carbocycles. The molecule has 0 radical (unpaired) electrons. The highest BCUT2D eigenvalue weighted by Crippen LogP contribution is 2.39. The first-order valence-corrected chi connectivity index (χ1v) is 5.13. The van der Waals surface area contributed by atoms with Gasteiger partial charge in [0.05, 0.1) is 19.8 Å². The molecule has 0 heterocycles. The molecule has 5 nitrogen and oxygen atoms in total. The fraction of sp³-hybridized carbons (Fsp3) is 0.300. The number of carboxylic acid groups (broad SMARTS) is 1. The third kappa shape index (κ3) is 2.28. The number of hydrogen-bond donors (Lipinski definition) is 2. The largest absolute Gasteiger partial charge is 0.493 e. The molecule has 6 heteroatoms. The first-order chi connectivity index (χ1) is 7.52. The molecular weight excluding hydrogens is 280 g/mol. The Morgan fingerprint density at radius 1 is 1.38 bits per heavy atom. The summed E-state index contributed by atoms with van der Waals surface area (Å²) in [6, 6.07) is 3.20. The van der Waals surface area contributed by atoms with E-state index in [1.165, 1.54) is 14.2 Å². The Hall–Kier alpha value is -1.27. The van der Waals surface area contributed by atoms with Gasteiger partial charge in [-0.05, 0) is 12.1 Å². The van der Waals surface area contributed by atoms with Gasteiger partial charge in [-0.3, -0.25) is 0 Å². The minimum atomic E-state index is -1.67. The molecule has 0 aliphatic rings. The number of halogens is 1. The molecule has 0 fully saturated rings. The molecule has 0 saturated carbocycles. The molecule has 0 spiro atoms. The number of aliphatic carboxylic acids is 1. The molecule has 88 valence electrons. The lowest BCUT2D eigenvalue weighted by molar-refractivity contribution is -0.147. The van der Waals surface area contributed by atoms with Gasteiger partial charge >= 0.3 is 5.97 Å². The number of aliphatic hydroxyl groups is 1. The normalized spacial score (nSPS) is 12.0. The molecule has 0 saturated heterocycles. The van der Waals surface area contributed by atoms with Gasteiger partial charge in [-0.25, -0.2) is 4.79 Å². The van der Waals surface area contributed by atoms with Crippen LogP contribution >= 0.6 is 15.9 Å². The number of carboxylic acids is 1. The average molecular weight is 291 g/mol. The summed E-state index contributed by atoms with van der Waals surface area (Å²) in [5.41, 5.74) is 0.134. The predicted octanol–water partition coefficient (Wildman–Crippen LogP) is 1.58. The predicted molar refractivity (Wildman–Crippen MR) is 59.8 cm³/mol. The van der Waals surface area contributed by atoms with E-state index in [1.54, 1.807) is 12.1 Å². The molecule has 1 atom stereocenters. The minimum absolute atomic E-state index is 0.134. The molecule has 16 heavy (non-hydrogen) atoms. The molecule has 1 aromatic rings. The van der Waals surface area contributed by atoms with Crippen LogP contribution in [-0.4, -0.2) is 30.4 Å². The maximum absolute atomic E-state index is 10.8. The molecule has 0 aromatic heterocycles. The maximum atomic E-state index is 10.8. The first kappa shape index (κ1) is 12.8. The minimum Gasteiger partial charge on any atom is -0.493 e. The van der Waals surface area contributed by atoms with Crippen LogP contribution in [-0.2, 0) is 4.79 Å². The van der Waals surface area contributed by atoms with Gasteiger partial charge in [-0.2, -0.15) is 0 Å². The van der Waals surface area contributed by atoms with Crippen LogP contribution in [0.4, 0.5) is 0 Å². The summed E-state index contributed by atoms with van der Waals surface area (Å²) < 4.78 is 10.5. The lowest BCUT2D eigenvalue weighted by Gasteiger charge is -2.16. The van der Waals surface area contributed by atoms with Gasteiger partial charge in [-0.1, -0.05) is 15.9 Å². The van der Waals surface area contributed by atoms with Crippen LogP contribution in [0.25, 0.3) is 0 Å². The summed E-state index contributed by atoms with van der Waals surface area (Å²) >= 11 is 3.16. The third-order valence-corrected chi connectivity index (χ3v) is 2.73. The average Bonchev–Trinajstić information content (AvgIpc) is 2.27. The molecule has 2 N–H and O–H groups in total. The smallest absolute Gasteiger partial charge is 0.337 e. The summed E-state index contributed by atoms with van der Waals surface area (Å²) in [6.07, 6.45) is -1.67. The van der Waals surface area contributed by atoms with E-state index in [0.717, 1.165) is 0 Å². The Morgan fingerprint density at radius 2 is 2.00 bits per heavy atom. The van der Waals surface area contributed by atoms with E-state index >= 15 is 0 Å². The van der Waals surface area contributed by atoms with Gasteiger partial charge in [-0.15, -0.1) is 0 Å². The van der Waals surface area contributed by atoms with E-state index in [1.807, 2.05) is 0 Å². The molecule has 0 aliphatic heterocycles. The van der Waals surface area contributed by atoms with Gasteiger partial charge in [0.25, 0.3) is 0 Å². The zero-order chi connectivity index (χ0) is 12.3. The lowest BCUT2D eigenvalue weighted by Crippen LogP contribution is -2.13. The second kappa shape index (κ2) is 5.18. The van der Waals surface area contributed by atoms with Crippen molar-refractivity contribution >= 4 is 21.9 Å². The van der Waals surface area contributed by atoms with Crippen molar-refractivity contribution in [2.24, 2.45) is 0 Å². The van der Waals surface area contributed by atoms with Gasteiger partial charge in [0.15, 0.2) is 17.6 Å². The maximum Gasteiger partial charge on any atom is 0.337 e. The zero-order valence-electron chi connectivity index (χ0n) is 8.73. The Kier molecular flexibility index (Phi) is 4.14. The van der Waals surface area contributed by atoms with Gasteiger partial charge in [0.2, 0.25) is 0 Å². The lowest BCUT2D eigenvalue weighted by atomic mass is 10.1.